The fourth-order valence-electron chi connectivity index (χ4n) is 1.37. The Kier molecular flexibility index (Phi) is 3.14. The van der Waals surface area contributed by atoms with Gasteiger partial charge in [0.2, 0.25) is 11.8 Å². The largest absolute Gasteiger partial charge is 0.425 e. The van der Waals surface area contributed by atoms with E-state index in [0.29, 0.717) is 0 Å². The zero-order valence-electron chi connectivity index (χ0n) is 8.62. The zero-order valence-corrected chi connectivity index (χ0v) is 8.62. The molecule has 1 aliphatic carbocycles. The van der Waals surface area contributed by atoms with Gasteiger partial charge in [-0.15, -0.1) is 10.2 Å². The standard InChI is InChI=1S/C10H17N3O/c1-2-3-9-12-13-10(14-9)6-7-11-8-4-5-8/h8,11H,2-7H2,1H3. The van der Waals surface area contributed by atoms with Crippen LogP contribution in [0, 0.1) is 0 Å². The van der Waals surface area contributed by atoms with Crippen LogP contribution in [-0.2, 0) is 12.8 Å². The summed E-state index contributed by atoms with van der Waals surface area (Å²) in [6, 6.07) is 0.757. The van der Waals surface area contributed by atoms with Crippen LogP contribution in [0.4, 0.5) is 0 Å². The molecule has 2 rings (SSSR count). The lowest BCUT2D eigenvalue weighted by atomic mass is 10.3. The molecule has 1 N–H and O–H groups in total. The molecule has 1 aromatic heterocycles. The van der Waals surface area contributed by atoms with E-state index in [2.05, 4.69) is 22.4 Å². The number of nitrogens with zero attached hydrogens (tertiary/aromatic N) is 2. The summed E-state index contributed by atoms with van der Waals surface area (Å²) < 4.78 is 5.46. The van der Waals surface area contributed by atoms with Gasteiger partial charge in [-0.3, -0.25) is 0 Å². The van der Waals surface area contributed by atoms with Crippen molar-refractivity contribution in [2.24, 2.45) is 0 Å². The average Bonchev–Trinajstić information content (AvgIpc) is 2.88. The van der Waals surface area contributed by atoms with Crippen LogP contribution >= 0.6 is 0 Å². The van der Waals surface area contributed by atoms with Crippen LogP contribution in [0.25, 0.3) is 0 Å². The van der Waals surface area contributed by atoms with Gasteiger partial charge < -0.3 is 9.73 Å². The Morgan fingerprint density at radius 1 is 1.29 bits per heavy atom. The second-order valence-electron chi connectivity index (χ2n) is 3.82. The fraction of sp³-hybridized carbons (Fsp3) is 0.800. The van der Waals surface area contributed by atoms with Gasteiger partial charge in [0.15, 0.2) is 0 Å². The minimum atomic E-state index is 0.757. The van der Waals surface area contributed by atoms with Gasteiger partial charge >= 0.3 is 0 Å². The Hall–Kier alpha value is -0.900. The first-order valence-corrected chi connectivity index (χ1v) is 5.43. The van der Waals surface area contributed by atoms with Gasteiger partial charge in [-0.1, -0.05) is 6.92 Å². The summed E-state index contributed by atoms with van der Waals surface area (Å²) in [7, 11) is 0. The first kappa shape index (κ1) is 9.65. The molecule has 0 aliphatic heterocycles. The molecule has 0 bridgehead atoms. The molecular weight excluding hydrogens is 178 g/mol. The summed E-state index contributed by atoms with van der Waals surface area (Å²) in [4.78, 5) is 0. The maximum atomic E-state index is 5.46. The normalized spacial score (nSPS) is 16.1. The summed E-state index contributed by atoms with van der Waals surface area (Å²) in [5, 5.41) is 11.4. The van der Waals surface area contributed by atoms with E-state index in [-0.39, 0.29) is 0 Å². The topological polar surface area (TPSA) is 51.0 Å². The van der Waals surface area contributed by atoms with Crippen LogP contribution in [0.2, 0.25) is 0 Å². The number of hydrogen-bond acceptors (Lipinski definition) is 4. The van der Waals surface area contributed by atoms with Crippen LogP contribution < -0.4 is 5.32 Å². The maximum absolute atomic E-state index is 5.46. The van der Waals surface area contributed by atoms with E-state index in [1.54, 1.807) is 0 Å². The molecule has 1 heterocycles. The molecule has 0 amide bonds. The molecule has 1 saturated carbocycles. The van der Waals surface area contributed by atoms with Crippen molar-refractivity contribution in [3.63, 3.8) is 0 Å². The third kappa shape index (κ3) is 2.80. The van der Waals surface area contributed by atoms with Gasteiger partial charge in [-0.2, -0.15) is 0 Å². The molecular formula is C10H17N3O. The Bertz CT molecular complexity index is 281. The lowest BCUT2D eigenvalue weighted by molar-refractivity contribution is 0.441. The van der Waals surface area contributed by atoms with Crippen molar-refractivity contribution in [3.8, 4) is 0 Å². The average molecular weight is 195 g/mol. The smallest absolute Gasteiger partial charge is 0.217 e. The first-order valence-electron chi connectivity index (χ1n) is 5.43. The SMILES string of the molecule is CCCc1nnc(CCNC2CC2)o1. The van der Waals surface area contributed by atoms with Gasteiger partial charge in [0.1, 0.15) is 0 Å². The van der Waals surface area contributed by atoms with Crippen molar-refractivity contribution in [1.29, 1.82) is 0 Å². The summed E-state index contributed by atoms with van der Waals surface area (Å²) >= 11 is 0. The zero-order chi connectivity index (χ0) is 9.80. The summed E-state index contributed by atoms with van der Waals surface area (Å²) in [5.41, 5.74) is 0. The van der Waals surface area contributed by atoms with Gasteiger partial charge in [-0.05, 0) is 19.3 Å². The van der Waals surface area contributed by atoms with Crippen molar-refractivity contribution in [2.75, 3.05) is 6.54 Å². The minimum absolute atomic E-state index is 0.757. The predicted molar refractivity (Wildman–Crippen MR) is 53.0 cm³/mol. The van der Waals surface area contributed by atoms with Crippen molar-refractivity contribution in [1.82, 2.24) is 15.5 Å². The number of nitrogens with one attached hydrogen (secondary N) is 1. The molecule has 4 heteroatoms. The first-order chi connectivity index (χ1) is 6.88. The second kappa shape index (κ2) is 4.55. The summed E-state index contributed by atoms with van der Waals surface area (Å²) in [5.74, 6) is 1.54. The monoisotopic (exact) mass is 195 g/mol. The van der Waals surface area contributed by atoms with E-state index in [4.69, 9.17) is 4.42 Å². The van der Waals surface area contributed by atoms with Crippen LogP contribution in [-0.4, -0.2) is 22.8 Å². The number of aryl methyl sites for hydroxylation is 1. The maximum Gasteiger partial charge on any atom is 0.217 e. The molecule has 78 valence electrons. The highest BCUT2D eigenvalue weighted by atomic mass is 16.4. The van der Waals surface area contributed by atoms with Gasteiger partial charge in [-0.25, -0.2) is 0 Å². The lowest BCUT2D eigenvalue weighted by Crippen LogP contribution is -2.19. The van der Waals surface area contributed by atoms with E-state index in [1.807, 2.05) is 0 Å². The fourth-order valence-corrected chi connectivity index (χ4v) is 1.37. The molecule has 0 radical (unpaired) electrons. The van der Waals surface area contributed by atoms with Gasteiger partial charge in [0.25, 0.3) is 0 Å². The molecule has 1 aliphatic rings. The van der Waals surface area contributed by atoms with Gasteiger partial charge in [0.05, 0.1) is 0 Å². The highest BCUT2D eigenvalue weighted by molar-refractivity contribution is 4.85. The van der Waals surface area contributed by atoms with Crippen LogP contribution in [0.5, 0.6) is 0 Å². The molecule has 0 saturated heterocycles. The van der Waals surface area contributed by atoms with Crippen molar-refractivity contribution in [3.05, 3.63) is 11.8 Å². The highest BCUT2D eigenvalue weighted by Gasteiger charge is 2.19. The molecule has 0 unspecified atom stereocenters. The molecule has 0 atom stereocenters. The second-order valence-corrected chi connectivity index (χ2v) is 3.82. The summed E-state index contributed by atoms with van der Waals surface area (Å²) in [6.07, 6.45) is 5.45. The number of rotatable bonds is 6. The Balaban J connectivity index is 1.71. The Morgan fingerprint density at radius 2 is 2.00 bits per heavy atom. The van der Waals surface area contributed by atoms with Crippen molar-refractivity contribution in [2.45, 2.75) is 45.1 Å². The van der Waals surface area contributed by atoms with E-state index in [0.717, 1.165) is 43.6 Å². The van der Waals surface area contributed by atoms with E-state index in [9.17, 15) is 0 Å². The van der Waals surface area contributed by atoms with Crippen LogP contribution in [0.3, 0.4) is 0 Å². The van der Waals surface area contributed by atoms with E-state index >= 15 is 0 Å². The van der Waals surface area contributed by atoms with Crippen molar-refractivity contribution < 1.29 is 4.42 Å². The summed E-state index contributed by atoms with van der Waals surface area (Å²) in [6.45, 7) is 3.07. The van der Waals surface area contributed by atoms with E-state index < -0.39 is 0 Å². The lowest BCUT2D eigenvalue weighted by Gasteiger charge is -1.97. The molecule has 0 spiro atoms. The van der Waals surface area contributed by atoms with E-state index in [1.165, 1.54) is 12.8 Å². The van der Waals surface area contributed by atoms with Crippen molar-refractivity contribution >= 4 is 0 Å². The molecule has 1 fully saturated rings. The molecule has 14 heavy (non-hydrogen) atoms. The predicted octanol–water partition coefficient (Wildman–Crippen LogP) is 1.32. The number of aromatic nitrogens is 2. The highest BCUT2D eigenvalue weighted by Crippen LogP contribution is 2.18. The Morgan fingerprint density at radius 3 is 2.64 bits per heavy atom. The Labute approximate surface area is 84.1 Å². The van der Waals surface area contributed by atoms with Crippen LogP contribution in [0.1, 0.15) is 38.0 Å². The number of hydrogen-bond donors (Lipinski definition) is 1. The molecule has 4 nitrogen and oxygen atoms in total. The van der Waals surface area contributed by atoms with Gasteiger partial charge in [0, 0.05) is 25.4 Å². The molecule has 0 aromatic carbocycles. The third-order valence-corrected chi connectivity index (χ3v) is 2.32. The molecule has 1 aromatic rings. The van der Waals surface area contributed by atoms with Crippen LogP contribution in [0.15, 0.2) is 4.42 Å². The quantitative estimate of drug-likeness (QED) is 0.743. The minimum Gasteiger partial charge on any atom is -0.425 e. The third-order valence-electron chi connectivity index (χ3n) is 2.32.